The molecule has 102 valence electrons. The largest absolute Gasteiger partial charge is 0.461 e. The van der Waals surface area contributed by atoms with E-state index in [1.807, 2.05) is 22.6 Å². The second-order valence-corrected chi connectivity index (χ2v) is 4.85. The van der Waals surface area contributed by atoms with Crippen molar-refractivity contribution in [3.63, 3.8) is 0 Å². The van der Waals surface area contributed by atoms with Crippen LogP contribution in [-0.2, 0) is 10.9 Å². The number of rotatable bonds is 2. The average Bonchev–Trinajstić information content (AvgIpc) is 2.67. The van der Waals surface area contributed by atoms with Crippen LogP contribution < -0.4 is 0 Å². The summed E-state index contributed by atoms with van der Waals surface area (Å²) in [5.74, 6) is -1.04. The number of hydrogen-bond donors (Lipinski definition) is 0. The minimum Gasteiger partial charge on any atom is -0.461 e. The molecule has 0 spiro atoms. The summed E-state index contributed by atoms with van der Waals surface area (Å²) < 4.78 is 45.2. The zero-order valence-electron chi connectivity index (χ0n) is 9.66. The van der Waals surface area contributed by atoms with Gasteiger partial charge >= 0.3 is 12.1 Å². The minimum atomic E-state index is -4.71. The van der Waals surface area contributed by atoms with Crippen molar-refractivity contribution in [1.82, 2.24) is 9.38 Å². The van der Waals surface area contributed by atoms with Crippen LogP contribution in [0.1, 0.15) is 23.1 Å². The number of imidazole rings is 1. The van der Waals surface area contributed by atoms with Crippen LogP contribution in [0, 0.1) is 3.57 Å². The summed E-state index contributed by atoms with van der Waals surface area (Å²) in [7, 11) is 0. The smallest absolute Gasteiger partial charge is 0.435 e. The normalized spacial score (nSPS) is 11.8. The molecule has 4 nitrogen and oxygen atoms in total. The Morgan fingerprint density at radius 2 is 2.16 bits per heavy atom. The Labute approximate surface area is 119 Å². The molecule has 0 saturated carbocycles. The summed E-state index contributed by atoms with van der Waals surface area (Å²) in [5, 5.41) is 0. The molecule has 0 fully saturated rings. The molecule has 0 N–H and O–H groups in total. The molecule has 2 rings (SSSR count). The highest BCUT2D eigenvalue weighted by Crippen LogP contribution is 2.32. The number of carbonyl (C=O) groups excluding carboxylic acids is 1. The third kappa shape index (κ3) is 2.67. The Kier molecular flexibility index (Phi) is 3.70. The Morgan fingerprint density at radius 1 is 1.47 bits per heavy atom. The van der Waals surface area contributed by atoms with Gasteiger partial charge in [0.15, 0.2) is 11.4 Å². The van der Waals surface area contributed by atoms with E-state index in [2.05, 4.69) is 9.72 Å². The molecule has 19 heavy (non-hydrogen) atoms. The van der Waals surface area contributed by atoms with Crippen molar-refractivity contribution in [1.29, 1.82) is 0 Å². The van der Waals surface area contributed by atoms with Crippen molar-refractivity contribution >= 4 is 34.2 Å². The van der Waals surface area contributed by atoms with Gasteiger partial charge in [-0.15, -0.1) is 0 Å². The van der Waals surface area contributed by atoms with Gasteiger partial charge in [-0.1, -0.05) is 0 Å². The first-order chi connectivity index (χ1) is 8.84. The van der Waals surface area contributed by atoms with Crippen LogP contribution in [0.4, 0.5) is 13.2 Å². The summed E-state index contributed by atoms with van der Waals surface area (Å²) in [5.41, 5.74) is -1.77. The van der Waals surface area contributed by atoms with E-state index in [-0.39, 0.29) is 12.3 Å². The molecule has 0 unspecified atom stereocenters. The molecule has 0 saturated heterocycles. The van der Waals surface area contributed by atoms with Crippen molar-refractivity contribution in [2.75, 3.05) is 6.61 Å². The highest BCUT2D eigenvalue weighted by molar-refractivity contribution is 14.1. The summed E-state index contributed by atoms with van der Waals surface area (Å²) in [6.07, 6.45) is -3.30. The third-order valence-electron chi connectivity index (χ3n) is 2.32. The van der Waals surface area contributed by atoms with Crippen molar-refractivity contribution in [3.05, 3.63) is 33.3 Å². The standard InChI is InChI=1S/C11H8F3IN2O2/c1-2-19-10(18)8-9(11(12,13)14)16-7-4-3-6(15)5-17(7)8/h3-5H,2H2,1H3. The molecule has 0 aliphatic carbocycles. The SMILES string of the molecule is CCOC(=O)c1c(C(F)(F)F)nc2ccc(I)cn12. The van der Waals surface area contributed by atoms with Gasteiger partial charge in [-0.25, -0.2) is 9.78 Å². The lowest BCUT2D eigenvalue weighted by atomic mass is 10.3. The topological polar surface area (TPSA) is 43.6 Å². The molecule has 0 atom stereocenters. The number of ether oxygens (including phenoxy) is 1. The van der Waals surface area contributed by atoms with E-state index < -0.39 is 23.5 Å². The molecule has 2 heterocycles. The Bertz CT molecular complexity index is 637. The Hall–Kier alpha value is -1.32. The fraction of sp³-hybridized carbons (Fsp3) is 0.273. The van der Waals surface area contributed by atoms with Gasteiger partial charge in [0.1, 0.15) is 5.65 Å². The monoisotopic (exact) mass is 384 g/mol. The highest BCUT2D eigenvalue weighted by Gasteiger charge is 2.40. The maximum atomic E-state index is 12.9. The lowest BCUT2D eigenvalue weighted by molar-refractivity contribution is -0.141. The first kappa shape index (κ1) is 14.1. The number of pyridine rings is 1. The number of hydrogen-bond acceptors (Lipinski definition) is 3. The van der Waals surface area contributed by atoms with Gasteiger partial charge in [-0.2, -0.15) is 13.2 Å². The summed E-state index contributed by atoms with van der Waals surface area (Å²) in [6, 6.07) is 3.03. The molecule has 0 aliphatic rings. The van der Waals surface area contributed by atoms with E-state index in [0.29, 0.717) is 3.57 Å². The summed E-state index contributed by atoms with van der Waals surface area (Å²) >= 11 is 1.94. The van der Waals surface area contributed by atoms with Crippen molar-refractivity contribution < 1.29 is 22.7 Å². The van der Waals surface area contributed by atoms with Gasteiger partial charge in [0.2, 0.25) is 0 Å². The van der Waals surface area contributed by atoms with Crippen LogP contribution in [0.2, 0.25) is 0 Å². The predicted molar refractivity (Wildman–Crippen MR) is 68.9 cm³/mol. The fourth-order valence-corrected chi connectivity index (χ4v) is 2.07. The van der Waals surface area contributed by atoms with Gasteiger partial charge in [-0.05, 0) is 41.6 Å². The quantitative estimate of drug-likeness (QED) is 0.591. The molecule has 0 bridgehead atoms. The Morgan fingerprint density at radius 3 is 2.74 bits per heavy atom. The number of aromatic nitrogens is 2. The average molecular weight is 384 g/mol. The molecular formula is C11H8F3IN2O2. The number of alkyl halides is 3. The van der Waals surface area contributed by atoms with Crippen LogP contribution >= 0.6 is 22.6 Å². The predicted octanol–water partition coefficient (Wildman–Crippen LogP) is 3.13. The van der Waals surface area contributed by atoms with Crippen molar-refractivity contribution in [2.24, 2.45) is 0 Å². The maximum absolute atomic E-state index is 12.9. The van der Waals surface area contributed by atoms with Crippen molar-refractivity contribution in [2.45, 2.75) is 13.1 Å². The summed E-state index contributed by atoms with van der Waals surface area (Å²) in [4.78, 5) is 15.2. The zero-order valence-corrected chi connectivity index (χ0v) is 11.8. The number of esters is 1. The lowest BCUT2D eigenvalue weighted by Crippen LogP contribution is -2.16. The zero-order chi connectivity index (χ0) is 14.2. The first-order valence-corrected chi connectivity index (χ1v) is 6.34. The van der Waals surface area contributed by atoms with E-state index >= 15 is 0 Å². The first-order valence-electron chi connectivity index (χ1n) is 5.26. The number of fused-ring (bicyclic) bond motifs is 1. The van der Waals surface area contributed by atoms with E-state index in [1.165, 1.54) is 19.2 Å². The molecule has 2 aromatic rings. The second-order valence-electron chi connectivity index (χ2n) is 3.60. The molecule has 0 aliphatic heterocycles. The molecule has 8 heteroatoms. The highest BCUT2D eigenvalue weighted by atomic mass is 127. The van der Waals surface area contributed by atoms with E-state index in [1.54, 1.807) is 6.07 Å². The van der Waals surface area contributed by atoms with Gasteiger partial charge in [0.25, 0.3) is 0 Å². The maximum Gasteiger partial charge on any atom is 0.435 e. The third-order valence-corrected chi connectivity index (χ3v) is 2.96. The van der Waals surface area contributed by atoms with Crippen LogP contribution in [-0.4, -0.2) is 22.0 Å². The molecule has 0 radical (unpaired) electrons. The van der Waals surface area contributed by atoms with Gasteiger partial charge in [0, 0.05) is 9.77 Å². The van der Waals surface area contributed by atoms with Crippen LogP contribution in [0.25, 0.3) is 5.65 Å². The minimum absolute atomic E-state index is 0.00666. The lowest BCUT2D eigenvalue weighted by Gasteiger charge is -2.07. The van der Waals surface area contributed by atoms with Crippen LogP contribution in [0.5, 0.6) is 0 Å². The second kappa shape index (κ2) is 4.99. The fourth-order valence-electron chi connectivity index (χ4n) is 1.61. The van der Waals surface area contributed by atoms with E-state index in [4.69, 9.17) is 0 Å². The number of halogens is 4. The van der Waals surface area contributed by atoms with Crippen LogP contribution in [0.15, 0.2) is 18.3 Å². The van der Waals surface area contributed by atoms with E-state index in [0.717, 1.165) is 4.40 Å². The number of nitrogens with zero attached hydrogens (tertiary/aromatic N) is 2. The molecular weight excluding hydrogens is 376 g/mol. The van der Waals surface area contributed by atoms with Gasteiger partial charge < -0.3 is 4.74 Å². The molecule has 2 aromatic heterocycles. The van der Waals surface area contributed by atoms with Gasteiger partial charge in [0.05, 0.1) is 6.61 Å². The van der Waals surface area contributed by atoms with Crippen molar-refractivity contribution in [3.8, 4) is 0 Å². The summed E-state index contributed by atoms with van der Waals surface area (Å²) in [6.45, 7) is 1.52. The van der Waals surface area contributed by atoms with Crippen LogP contribution in [0.3, 0.4) is 0 Å². The van der Waals surface area contributed by atoms with Gasteiger partial charge in [-0.3, -0.25) is 4.40 Å². The molecule has 0 amide bonds. The Balaban J connectivity index is 2.74. The molecule has 0 aromatic carbocycles. The van der Waals surface area contributed by atoms with E-state index in [9.17, 15) is 18.0 Å². The number of carbonyl (C=O) groups is 1.